The summed E-state index contributed by atoms with van der Waals surface area (Å²) in [5.41, 5.74) is 4.85. The van der Waals surface area contributed by atoms with E-state index in [1.165, 1.54) is 0 Å². The van der Waals surface area contributed by atoms with Crippen molar-refractivity contribution >= 4 is 5.97 Å². The van der Waals surface area contributed by atoms with Gasteiger partial charge in [0.2, 0.25) is 0 Å². The molecule has 5 heteroatoms. The molecule has 0 aliphatic carbocycles. The second kappa shape index (κ2) is 9.33. The van der Waals surface area contributed by atoms with E-state index in [1.54, 1.807) is 0 Å². The lowest BCUT2D eigenvalue weighted by atomic mass is 9.89. The Kier molecular flexibility index (Phi) is 5.94. The number of hydrogen-bond donors (Lipinski definition) is 0. The SMILES string of the molecule is CC1Cc2cc(-c3cc(COC(=O)CC(c4ccccc4)c4ccccc4)no3)ccc2O1. The van der Waals surface area contributed by atoms with Gasteiger partial charge in [0.15, 0.2) is 5.76 Å². The number of rotatable bonds is 7. The molecule has 166 valence electrons. The molecule has 0 N–H and O–H groups in total. The monoisotopic (exact) mass is 439 g/mol. The predicted octanol–water partition coefficient (Wildman–Crippen LogP) is 5.93. The molecule has 2 heterocycles. The van der Waals surface area contributed by atoms with Crippen molar-refractivity contribution in [3.63, 3.8) is 0 Å². The van der Waals surface area contributed by atoms with Crippen LogP contribution in [0.4, 0.5) is 0 Å². The Bertz CT molecular complexity index is 1190. The number of benzene rings is 3. The van der Waals surface area contributed by atoms with Gasteiger partial charge in [-0.05, 0) is 41.8 Å². The summed E-state index contributed by atoms with van der Waals surface area (Å²) in [5.74, 6) is 1.23. The number of carbonyl (C=O) groups is 1. The van der Waals surface area contributed by atoms with E-state index in [4.69, 9.17) is 14.0 Å². The van der Waals surface area contributed by atoms with E-state index in [-0.39, 0.29) is 31.0 Å². The first-order valence-corrected chi connectivity index (χ1v) is 11.2. The van der Waals surface area contributed by atoms with Crippen LogP contribution in [-0.4, -0.2) is 17.2 Å². The highest BCUT2D eigenvalue weighted by Gasteiger charge is 2.21. The maximum Gasteiger partial charge on any atom is 0.307 e. The zero-order valence-electron chi connectivity index (χ0n) is 18.4. The zero-order valence-corrected chi connectivity index (χ0v) is 18.4. The molecule has 5 rings (SSSR count). The number of esters is 1. The molecule has 0 spiro atoms. The van der Waals surface area contributed by atoms with Gasteiger partial charge < -0.3 is 14.0 Å². The first-order chi connectivity index (χ1) is 16.2. The summed E-state index contributed by atoms with van der Waals surface area (Å²) in [6, 6.07) is 27.8. The second-order valence-corrected chi connectivity index (χ2v) is 8.38. The largest absolute Gasteiger partial charge is 0.490 e. The molecule has 1 aromatic heterocycles. The van der Waals surface area contributed by atoms with E-state index < -0.39 is 0 Å². The Morgan fingerprint density at radius 2 is 1.70 bits per heavy atom. The van der Waals surface area contributed by atoms with Gasteiger partial charge in [0, 0.05) is 24.0 Å². The molecule has 0 saturated carbocycles. The summed E-state index contributed by atoms with van der Waals surface area (Å²) in [6.07, 6.45) is 1.32. The van der Waals surface area contributed by atoms with Gasteiger partial charge >= 0.3 is 5.97 Å². The molecule has 0 saturated heterocycles. The summed E-state index contributed by atoms with van der Waals surface area (Å²) in [5, 5.41) is 4.09. The van der Waals surface area contributed by atoms with E-state index in [0.717, 1.165) is 34.4 Å². The third-order valence-electron chi connectivity index (χ3n) is 5.90. The van der Waals surface area contributed by atoms with Crippen molar-refractivity contribution in [2.75, 3.05) is 0 Å². The van der Waals surface area contributed by atoms with Crippen LogP contribution < -0.4 is 4.74 Å². The molecule has 1 aliphatic rings. The average molecular weight is 440 g/mol. The Hall–Kier alpha value is -3.86. The molecule has 0 amide bonds. The molecular weight excluding hydrogens is 414 g/mol. The van der Waals surface area contributed by atoms with E-state index in [9.17, 15) is 4.79 Å². The van der Waals surface area contributed by atoms with E-state index >= 15 is 0 Å². The second-order valence-electron chi connectivity index (χ2n) is 8.38. The third kappa shape index (κ3) is 4.82. The summed E-state index contributed by atoms with van der Waals surface area (Å²) in [6.45, 7) is 2.13. The number of nitrogens with zero attached hydrogens (tertiary/aromatic N) is 1. The Labute approximate surface area is 193 Å². The van der Waals surface area contributed by atoms with Crippen molar-refractivity contribution in [2.45, 2.75) is 38.4 Å². The van der Waals surface area contributed by atoms with E-state index in [1.807, 2.05) is 78.9 Å². The number of fused-ring (bicyclic) bond motifs is 1. The first kappa shape index (κ1) is 21.0. The van der Waals surface area contributed by atoms with Crippen molar-refractivity contribution in [1.82, 2.24) is 5.16 Å². The highest BCUT2D eigenvalue weighted by atomic mass is 16.5. The number of carbonyl (C=O) groups excluding carboxylic acids is 1. The summed E-state index contributed by atoms with van der Waals surface area (Å²) in [4.78, 5) is 12.7. The Morgan fingerprint density at radius 1 is 1.00 bits per heavy atom. The maximum absolute atomic E-state index is 12.7. The molecule has 1 aliphatic heterocycles. The molecule has 0 bridgehead atoms. The molecule has 4 aromatic rings. The Morgan fingerprint density at radius 3 is 2.39 bits per heavy atom. The van der Waals surface area contributed by atoms with E-state index in [0.29, 0.717) is 11.5 Å². The summed E-state index contributed by atoms with van der Waals surface area (Å²) < 4.78 is 16.8. The molecule has 1 unspecified atom stereocenters. The molecule has 1 atom stereocenters. The molecule has 0 radical (unpaired) electrons. The van der Waals surface area contributed by atoms with Crippen molar-refractivity contribution < 1.29 is 18.8 Å². The zero-order chi connectivity index (χ0) is 22.6. The minimum atomic E-state index is -0.277. The lowest BCUT2D eigenvalue weighted by Gasteiger charge is -2.17. The summed E-state index contributed by atoms with van der Waals surface area (Å²) >= 11 is 0. The molecule has 33 heavy (non-hydrogen) atoms. The smallest absolute Gasteiger partial charge is 0.307 e. The lowest BCUT2D eigenvalue weighted by Crippen LogP contribution is -2.12. The van der Waals surface area contributed by atoms with Crippen molar-refractivity contribution in [3.05, 3.63) is 107 Å². The molecule has 5 nitrogen and oxygen atoms in total. The fourth-order valence-corrected chi connectivity index (χ4v) is 4.27. The highest BCUT2D eigenvalue weighted by Crippen LogP contribution is 2.33. The van der Waals surface area contributed by atoms with Crippen molar-refractivity contribution in [2.24, 2.45) is 0 Å². The molecule has 0 fully saturated rings. The van der Waals surface area contributed by atoms with Crippen molar-refractivity contribution in [1.29, 1.82) is 0 Å². The minimum Gasteiger partial charge on any atom is -0.490 e. The highest BCUT2D eigenvalue weighted by molar-refractivity contribution is 5.71. The van der Waals surface area contributed by atoms with Crippen LogP contribution in [0.5, 0.6) is 5.75 Å². The van der Waals surface area contributed by atoms with Crippen LogP contribution in [0.2, 0.25) is 0 Å². The molecular formula is C28H25NO4. The number of aromatic nitrogens is 1. The van der Waals surface area contributed by atoms with Gasteiger partial charge in [-0.3, -0.25) is 4.79 Å². The van der Waals surface area contributed by atoms with Crippen LogP contribution in [0, 0.1) is 0 Å². The van der Waals surface area contributed by atoms with Gasteiger partial charge in [-0.15, -0.1) is 0 Å². The Balaban J connectivity index is 1.24. The fourth-order valence-electron chi connectivity index (χ4n) is 4.27. The number of hydrogen-bond acceptors (Lipinski definition) is 5. The van der Waals surface area contributed by atoms with E-state index in [2.05, 4.69) is 18.1 Å². The van der Waals surface area contributed by atoms with Crippen LogP contribution in [0.25, 0.3) is 11.3 Å². The topological polar surface area (TPSA) is 61.6 Å². The van der Waals surface area contributed by atoms with Gasteiger partial charge in [0.25, 0.3) is 0 Å². The summed E-state index contributed by atoms with van der Waals surface area (Å²) in [7, 11) is 0. The fraction of sp³-hybridized carbons (Fsp3) is 0.214. The van der Waals surface area contributed by atoms with Gasteiger partial charge in [0.1, 0.15) is 24.2 Å². The van der Waals surface area contributed by atoms with Crippen LogP contribution in [0.3, 0.4) is 0 Å². The normalized spacial score (nSPS) is 14.7. The van der Waals surface area contributed by atoms with Gasteiger partial charge in [0.05, 0.1) is 6.42 Å². The first-order valence-electron chi connectivity index (χ1n) is 11.2. The minimum absolute atomic E-state index is 0.0659. The molecule has 3 aromatic carbocycles. The maximum atomic E-state index is 12.7. The predicted molar refractivity (Wildman–Crippen MR) is 125 cm³/mol. The quantitative estimate of drug-likeness (QED) is 0.334. The third-order valence-corrected chi connectivity index (χ3v) is 5.90. The van der Waals surface area contributed by atoms with Gasteiger partial charge in [-0.25, -0.2) is 0 Å². The number of ether oxygens (including phenoxy) is 2. The standard InChI is InChI=1S/C28H25NO4/c1-19-14-23-15-22(12-13-26(23)32-19)27-16-24(29-33-27)18-31-28(30)17-25(20-8-4-2-5-9-20)21-10-6-3-7-11-21/h2-13,15-16,19,25H,14,17-18H2,1H3. The van der Waals surface area contributed by atoms with Gasteiger partial charge in [-0.1, -0.05) is 65.8 Å². The lowest BCUT2D eigenvalue weighted by molar-refractivity contribution is -0.145. The van der Waals surface area contributed by atoms with Crippen LogP contribution in [0.1, 0.15) is 41.6 Å². The van der Waals surface area contributed by atoms with Crippen LogP contribution in [-0.2, 0) is 22.6 Å². The average Bonchev–Trinajstić information content (AvgIpc) is 3.47. The van der Waals surface area contributed by atoms with Crippen LogP contribution >= 0.6 is 0 Å². The van der Waals surface area contributed by atoms with Crippen LogP contribution in [0.15, 0.2) is 89.5 Å². The van der Waals surface area contributed by atoms with Gasteiger partial charge in [-0.2, -0.15) is 0 Å². The van der Waals surface area contributed by atoms with Crippen molar-refractivity contribution in [3.8, 4) is 17.1 Å².